The molecular weight excluding hydrogens is 307 g/mol. The molecule has 1 radical (unpaired) electrons. The van der Waals surface area contributed by atoms with Crippen LogP contribution in [0, 0.1) is 0 Å². The molecule has 0 rings (SSSR count). The zero-order chi connectivity index (χ0) is 9.78. The van der Waals surface area contributed by atoms with Crippen molar-refractivity contribution in [3.63, 3.8) is 0 Å². The molecule has 0 bridgehead atoms. The van der Waals surface area contributed by atoms with Gasteiger partial charge in [-0.2, -0.15) is 0 Å². The van der Waals surface area contributed by atoms with Gasteiger partial charge in [-0.3, -0.25) is 0 Å². The topological polar surface area (TPSA) is 46.5 Å². The van der Waals surface area contributed by atoms with Gasteiger partial charge in [-0.1, -0.05) is 0 Å². The van der Waals surface area contributed by atoms with Crippen LogP contribution in [0.5, 0.6) is 0 Å². The normalized spacial score (nSPS) is 16.9. The van der Waals surface area contributed by atoms with Crippen molar-refractivity contribution in [1.82, 2.24) is 0 Å². The van der Waals surface area contributed by atoms with Crippen molar-refractivity contribution in [1.29, 1.82) is 0 Å². The fourth-order valence-electron chi connectivity index (χ4n) is 0.591. The minimum absolute atomic E-state index is 0.0957. The third-order valence-corrected chi connectivity index (χ3v) is 9.03. The van der Waals surface area contributed by atoms with Gasteiger partial charge in [0.1, 0.15) is 0 Å². The van der Waals surface area contributed by atoms with Crippen LogP contribution in [0.25, 0.3) is 0 Å². The van der Waals surface area contributed by atoms with Crippen LogP contribution in [0.4, 0.5) is 0 Å². The molecule has 0 aromatic heterocycles. The van der Waals surface area contributed by atoms with Gasteiger partial charge in [0, 0.05) is 0 Å². The van der Waals surface area contributed by atoms with Gasteiger partial charge >= 0.3 is 88.2 Å². The summed E-state index contributed by atoms with van der Waals surface area (Å²) in [6.07, 6.45) is 0.340. The predicted molar refractivity (Wildman–Crippen MR) is 55.1 cm³/mol. The number of nitrogens with two attached hydrogens (primary N) is 1. The summed E-state index contributed by atoms with van der Waals surface area (Å²) in [7, 11) is 0. The zero-order valence-corrected chi connectivity index (χ0v) is 12.1. The maximum atomic E-state index is 5.63. The molecule has 0 aliphatic heterocycles. The first-order valence-electron chi connectivity index (χ1n) is 3.75. The molecule has 2 N–H and O–H groups in total. The van der Waals surface area contributed by atoms with Crippen molar-refractivity contribution in [3.8, 4) is 0 Å². The molecule has 0 amide bonds. The van der Waals surface area contributed by atoms with E-state index in [0.717, 1.165) is 0 Å². The van der Waals surface area contributed by atoms with E-state index >= 15 is 0 Å². The second-order valence-electron chi connectivity index (χ2n) is 2.86. The number of rotatable bonds is 5. The van der Waals surface area contributed by atoms with Crippen LogP contribution in [-0.2, 0) is 9.05 Å². The first-order chi connectivity index (χ1) is 5.39. The van der Waals surface area contributed by atoms with Crippen LogP contribution in [0.3, 0.4) is 0 Å². The summed E-state index contributed by atoms with van der Waals surface area (Å²) in [5, 5.41) is 0. The Kier molecular flexibility index (Phi) is 6.62. The SMILES string of the molecule is CC(C)OP(=[Se])([O+]C(C)C)[Se]N. The van der Waals surface area contributed by atoms with Gasteiger partial charge in [-0.15, -0.1) is 0 Å². The molecule has 6 heteroatoms. The third-order valence-electron chi connectivity index (χ3n) is 0.809. The molecule has 0 fully saturated rings. The van der Waals surface area contributed by atoms with E-state index in [0.29, 0.717) is 0 Å². The number of hydrogen-bond acceptors (Lipinski definition) is 3. The Bertz CT molecular complexity index is 161. The summed E-state index contributed by atoms with van der Waals surface area (Å²) < 4.78 is 15.1. The average Bonchev–Trinajstić information content (AvgIpc) is 1.83. The Labute approximate surface area is 88.1 Å². The Morgan fingerprint density at radius 1 is 1.42 bits per heavy atom. The molecule has 0 saturated carbocycles. The quantitative estimate of drug-likeness (QED) is 0.471. The van der Waals surface area contributed by atoms with Crippen LogP contribution in [0.2, 0.25) is 0 Å². The summed E-state index contributed by atoms with van der Waals surface area (Å²) in [6.45, 7) is 7.95. The van der Waals surface area contributed by atoms with Crippen molar-refractivity contribution in [2.45, 2.75) is 39.9 Å². The van der Waals surface area contributed by atoms with E-state index in [1.54, 1.807) is 0 Å². The predicted octanol–water partition coefficient (Wildman–Crippen LogP) is 1.26. The summed E-state index contributed by atoms with van der Waals surface area (Å²) in [5.74, 6) is 0. The third kappa shape index (κ3) is 5.90. The second-order valence-corrected chi connectivity index (χ2v) is 15.3. The fourth-order valence-corrected chi connectivity index (χ4v) is 6.73. The van der Waals surface area contributed by atoms with Gasteiger partial charge in [0.05, 0.1) is 0 Å². The van der Waals surface area contributed by atoms with Crippen molar-refractivity contribution in [3.05, 3.63) is 0 Å². The summed E-state index contributed by atoms with van der Waals surface area (Å²) >= 11 is 2.88. The van der Waals surface area contributed by atoms with E-state index in [1.807, 2.05) is 27.7 Å². The summed E-state index contributed by atoms with van der Waals surface area (Å²) in [4.78, 5) is 0. The molecule has 0 saturated heterocycles. The minimum atomic E-state index is -1.85. The monoisotopic (exact) mass is 325 g/mol. The van der Waals surface area contributed by atoms with E-state index in [9.17, 15) is 0 Å². The van der Waals surface area contributed by atoms with Crippen molar-refractivity contribution in [2.24, 2.45) is 4.75 Å². The zero-order valence-electron chi connectivity index (χ0n) is 7.81. The molecule has 0 atom stereocenters. The van der Waals surface area contributed by atoms with Crippen LogP contribution < -0.4 is 4.75 Å². The van der Waals surface area contributed by atoms with Gasteiger partial charge < -0.3 is 0 Å². The Morgan fingerprint density at radius 2 is 1.92 bits per heavy atom. The van der Waals surface area contributed by atoms with Gasteiger partial charge in [-0.25, -0.2) is 0 Å². The van der Waals surface area contributed by atoms with Crippen molar-refractivity contribution in [2.75, 3.05) is 0 Å². The Balaban J connectivity index is 4.15. The fraction of sp³-hybridized carbons (Fsp3) is 1.00. The second kappa shape index (κ2) is 5.95. The van der Waals surface area contributed by atoms with Crippen LogP contribution >= 0.6 is 4.65 Å². The summed E-state index contributed by atoms with van der Waals surface area (Å²) in [5.41, 5.74) is 0. The molecule has 0 aliphatic rings. The molecule has 0 spiro atoms. The molecule has 73 valence electrons. The summed E-state index contributed by atoms with van der Waals surface area (Å²) in [6, 6.07) is 0. The number of hydrogen-bond donors (Lipinski definition) is 1. The van der Waals surface area contributed by atoms with Crippen LogP contribution in [0.1, 0.15) is 27.7 Å². The maximum absolute atomic E-state index is 5.63. The van der Waals surface area contributed by atoms with Crippen molar-refractivity contribution < 1.29 is 9.05 Å². The standard InChI is InChI=1S/C6H16NO2PSe2/c1-5(2)8-10(11,12-7)9-6(3)4/h5-6H,7H2,1-4H3/q+1. The molecule has 0 unspecified atom stereocenters. The van der Waals surface area contributed by atoms with Gasteiger partial charge in [0.25, 0.3) is 0 Å². The Morgan fingerprint density at radius 3 is 2.17 bits per heavy atom. The molecule has 0 aliphatic carbocycles. The average molecular weight is 323 g/mol. The molecule has 3 nitrogen and oxygen atoms in total. The van der Waals surface area contributed by atoms with E-state index in [1.165, 1.54) is 0 Å². The first-order valence-corrected chi connectivity index (χ1v) is 10.8. The van der Waals surface area contributed by atoms with E-state index in [2.05, 4.69) is 15.1 Å². The van der Waals surface area contributed by atoms with E-state index < -0.39 is 4.65 Å². The van der Waals surface area contributed by atoms with Crippen LogP contribution in [-0.4, -0.2) is 42.0 Å². The van der Waals surface area contributed by atoms with E-state index in [-0.39, 0.29) is 26.9 Å². The molecule has 0 aromatic rings. The van der Waals surface area contributed by atoms with Gasteiger partial charge in [0.15, 0.2) is 0 Å². The van der Waals surface area contributed by atoms with Crippen LogP contribution in [0.15, 0.2) is 0 Å². The molecule has 12 heavy (non-hydrogen) atoms. The van der Waals surface area contributed by atoms with Gasteiger partial charge in [-0.05, 0) is 0 Å². The first kappa shape index (κ1) is 13.3. The molecular formula is C6H16NO2PSe2+. The Hall–Kier alpha value is 1.35. The molecule has 0 aromatic carbocycles. The van der Waals surface area contributed by atoms with Crippen molar-refractivity contribution >= 4 is 34.5 Å². The van der Waals surface area contributed by atoms with Gasteiger partial charge in [0.2, 0.25) is 0 Å². The molecule has 0 heterocycles. The van der Waals surface area contributed by atoms with E-state index in [4.69, 9.17) is 13.8 Å².